The van der Waals surface area contributed by atoms with Crippen LogP contribution in [0.5, 0.6) is 0 Å². The van der Waals surface area contributed by atoms with Crippen LogP contribution < -0.4 is 4.90 Å². The van der Waals surface area contributed by atoms with Gasteiger partial charge in [0.05, 0.1) is 19.8 Å². The van der Waals surface area contributed by atoms with Gasteiger partial charge in [-0.15, -0.1) is 11.3 Å². The lowest BCUT2D eigenvalue weighted by Crippen LogP contribution is -2.46. The third kappa shape index (κ3) is 7.25. The molecular formula is C23H32F3N3O3S2. The number of hydrogen-bond donors (Lipinski definition) is 1. The lowest BCUT2D eigenvalue weighted by atomic mass is 9.99. The number of nitrogens with zero attached hydrogens (tertiary/aromatic N) is 3. The predicted molar refractivity (Wildman–Crippen MR) is 130 cm³/mol. The van der Waals surface area contributed by atoms with Crippen LogP contribution in [0.2, 0.25) is 0 Å². The van der Waals surface area contributed by atoms with Gasteiger partial charge in [-0.3, -0.25) is 4.90 Å². The van der Waals surface area contributed by atoms with Gasteiger partial charge in [-0.25, -0.2) is 8.51 Å². The summed E-state index contributed by atoms with van der Waals surface area (Å²) >= 11 is 1.46. The molecule has 2 fully saturated rings. The number of anilines is 1. The summed E-state index contributed by atoms with van der Waals surface area (Å²) < 4.78 is 59.1. The molecule has 1 aromatic heterocycles. The number of rotatable bonds is 5. The first kappa shape index (κ1) is 27.1. The summed E-state index contributed by atoms with van der Waals surface area (Å²) in [5.74, 6) is -1.86. The number of piperazine rings is 1. The van der Waals surface area contributed by atoms with Crippen molar-refractivity contribution in [1.29, 1.82) is 0 Å². The van der Waals surface area contributed by atoms with Gasteiger partial charge in [-0.05, 0) is 43.1 Å². The normalized spacial score (nSPS) is 22.1. The Kier molecular flexibility index (Phi) is 9.93. The number of benzene rings is 1. The maximum Gasteiger partial charge on any atom is 0.397 e. The van der Waals surface area contributed by atoms with E-state index in [1.807, 2.05) is 21.8 Å². The molecule has 1 aromatic carbocycles. The topological polar surface area (TPSA) is 56.2 Å². The van der Waals surface area contributed by atoms with Gasteiger partial charge in [0.2, 0.25) is 0 Å². The minimum absolute atomic E-state index is 0.0567. The summed E-state index contributed by atoms with van der Waals surface area (Å²) in [6.07, 6.45) is -4.46. The lowest BCUT2D eigenvalue weighted by Gasteiger charge is -2.35. The fourth-order valence-corrected chi connectivity index (χ4v) is 5.93. The van der Waals surface area contributed by atoms with Crippen molar-refractivity contribution in [2.24, 2.45) is 0 Å². The summed E-state index contributed by atoms with van der Waals surface area (Å²) in [6, 6.07) is 10.5. The van der Waals surface area contributed by atoms with E-state index < -0.39 is 29.7 Å². The van der Waals surface area contributed by atoms with E-state index >= 15 is 0 Å². The van der Waals surface area contributed by atoms with Crippen LogP contribution in [-0.4, -0.2) is 90.3 Å². The van der Waals surface area contributed by atoms with Crippen LogP contribution in [0.3, 0.4) is 0 Å². The first-order chi connectivity index (χ1) is 16.2. The number of aliphatic hydroxyl groups excluding tert-OH is 1. The van der Waals surface area contributed by atoms with Crippen molar-refractivity contribution in [3.63, 3.8) is 0 Å². The number of alkyl halides is 3. The zero-order valence-corrected chi connectivity index (χ0v) is 21.0. The molecular weight excluding hydrogens is 487 g/mol. The number of aliphatic hydroxyl groups is 1. The van der Waals surface area contributed by atoms with E-state index in [1.54, 1.807) is 12.1 Å². The number of halogens is 3. The highest BCUT2D eigenvalue weighted by Crippen LogP contribution is 2.35. The molecule has 6 nitrogen and oxygen atoms in total. The smallest absolute Gasteiger partial charge is 0.395 e. The fraction of sp³-hybridized carbons (Fsp3) is 0.565. The third-order valence-electron chi connectivity index (χ3n) is 6.08. The molecule has 2 aliphatic rings. The van der Waals surface area contributed by atoms with Crippen LogP contribution in [-0.2, 0) is 15.7 Å². The van der Waals surface area contributed by atoms with E-state index in [9.17, 15) is 17.4 Å². The van der Waals surface area contributed by atoms with Crippen molar-refractivity contribution in [1.82, 2.24) is 9.21 Å². The molecule has 4 rings (SSSR count). The van der Waals surface area contributed by atoms with Gasteiger partial charge < -0.3 is 14.7 Å². The summed E-state index contributed by atoms with van der Waals surface area (Å²) in [5.41, 5.74) is 0.885. The number of hydrogen-bond acceptors (Lipinski definition) is 6. The molecule has 0 aliphatic carbocycles. The Morgan fingerprint density at radius 2 is 1.82 bits per heavy atom. The maximum absolute atomic E-state index is 12.9. The molecule has 190 valence electrons. The van der Waals surface area contributed by atoms with Gasteiger partial charge in [0.25, 0.3) is 0 Å². The molecule has 11 heteroatoms. The first-order valence-electron chi connectivity index (χ1n) is 11.2. The highest BCUT2D eigenvalue weighted by atomic mass is 32.2. The number of likely N-dealkylation sites (N-methyl/N-ethyl adjacent to an activating group) is 1. The second-order valence-electron chi connectivity index (χ2n) is 8.37. The molecule has 0 saturated carbocycles. The Morgan fingerprint density at radius 1 is 1.15 bits per heavy atom. The third-order valence-corrected chi connectivity index (χ3v) is 8.77. The molecule has 3 atom stereocenters. The summed E-state index contributed by atoms with van der Waals surface area (Å²) in [7, 11) is 0.973. The number of ether oxygens (including phenoxy) is 1. The fourth-order valence-electron chi connectivity index (χ4n) is 3.73. The van der Waals surface area contributed by atoms with Crippen molar-refractivity contribution >= 4 is 28.0 Å². The second kappa shape index (κ2) is 12.5. The standard InChI is InChI=1S/C17H19F3N2O2S2.C6H13NO/c18-17(19,20)15(12-23)13-3-5-14(6-4-13)21-7-9-22(10-8-21)26(24)16-2-1-11-25-16;1-6-5-8-4-3-7(6)2/h1-6,11,15,23H,7-10,12H2;6H,3-5H2,1-2H3. The lowest BCUT2D eigenvalue weighted by molar-refractivity contribution is -0.158. The van der Waals surface area contributed by atoms with Crippen molar-refractivity contribution in [3.05, 3.63) is 47.3 Å². The molecule has 1 N–H and O–H groups in total. The average molecular weight is 520 g/mol. The molecule has 34 heavy (non-hydrogen) atoms. The van der Waals surface area contributed by atoms with Crippen LogP contribution >= 0.6 is 11.3 Å². The van der Waals surface area contributed by atoms with Crippen molar-refractivity contribution in [2.45, 2.75) is 29.3 Å². The van der Waals surface area contributed by atoms with Crippen molar-refractivity contribution in [2.75, 3.05) is 64.5 Å². The van der Waals surface area contributed by atoms with E-state index in [4.69, 9.17) is 9.84 Å². The minimum atomic E-state index is -4.46. The van der Waals surface area contributed by atoms with Gasteiger partial charge in [0.15, 0.2) is 0 Å². The monoisotopic (exact) mass is 519 g/mol. The maximum atomic E-state index is 12.9. The van der Waals surface area contributed by atoms with Gasteiger partial charge in [0, 0.05) is 44.5 Å². The first-order valence-corrected chi connectivity index (χ1v) is 13.2. The molecule has 0 spiro atoms. The summed E-state index contributed by atoms with van der Waals surface area (Å²) in [4.78, 5) is 4.37. The van der Waals surface area contributed by atoms with Gasteiger partial charge in [0.1, 0.15) is 21.1 Å². The Balaban J connectivity index is 0.000000343. The molecule has 0 radical (unpaired) electrons. The predicted octanol–water partition coefficient (Wildman–Crippen LogP) is 3.57. The summed E-state index contributed by atoms with van der Waals surface area (Å²) in [5, 5.41) is 10.9. The Hall–Kier alpha value is -1.50. The average Bonchev–Trinajstić information content (AvgIpc) is 3.36. The highest BCUT2D eigenvalue weighted by Gasteiger charge is 2.40. The Labute approximate surface area is 205 Å². The van der Waals surface area contributed by atoms with Crippen LogP contribution in [0.25, 0.3) is 0 Å². The SMILES string of the molecule is CC1COCCN1C.O=S(c1cccs1)N1CCN(c2ccc(C(CO)C(F)(F)F)cc2)CC1. The molecule has 0 amide bonds. The molecule has 3 unspecified atom stereocenters. The minimum Gasteiger partial charge on any atom is -0.395 e. The van der Waals surface area contributed by atoms with E-state index in [0.717, 1.165) is 29.7 Å². The van der Waals surface area contributed by atoms with Crippen LogP contribution in [0.1, 0.15) is 18.4 Å². The van der Waals surface area contributed by atoms with E-state index in [1.165, 1.54) is 23.5 Å². The molecule has 0 bridgehead atoms. The molecule has 2 aliphatic heterocycles. The van der Waals surface area contributed by atoms with Crippen LogP contribution in [0, 0.1) is 0 Å². The number of morpholine rings is 1. The van der Waals surface area contributed by atoms with Crippen LogP contribution in [0.15, 0.2) is 46.0 Å². The summed E-state index contributed by atoms with van der Waals surface area (Å²) in [6.45, 7) is 6.65. The van der Waals surface area contributed by atoms with Crippen molar-refractivity contribution < 1.29 is 27.2 Å². The highest BCUT2D eigenvalue weighted by molar-refractivity contribution is 7.85. The molecule has 3 heterocycles. The van der Waals surface area contributed by atoms with E-state index in [-0.39, 0.29) is 5.56 Å². The zero-order chi connectivity index (χ0) is 24.7. The van der Waals surface area contributed by atoms with Gasteiger partial charge >= 0.3 is 6.18 Å². The van der Waals surface area contributed by atoms with Gasteiger partial charge in [-0.1, -0.05) is 18.2 Å². The zero-order valence-electron chi connectivity index (χ0n) is 19.4. The Bertz CT molecular complexity index is 879. The van der Waals surface area contributed by atoms with E-state index in [0.29, 0.717) is 32.2 Å². The Morgan fingerprint density at radius 3 is 2.29 bits per heavy atom. The second-order valence-corrected chi connectivity index (χ2v) is 11.0. The van der Waals surface area contributed by atoms with Crippen molar-refractivity contribution in [3.8, 4) is 0 Å². The van der Waals surface area contributed by atoms with Crippen LogP contribution in [0.4, 0.5) is 18.9 Å². The molecule has 2 aromatic rings. The van der Waals surface area contributed by atoms with E-state index in [2.05, 4.69) is 23.8 Å². The van der Waals surface area contributed by atoms with Gasteiger partial charge in [-0.2, -0.15) is 13.2 Å². The number of thiophene rings is 1. The molecule has 2 saturated heterocycles. The quantitative estimate of drug-likeness (QED) is 0.655. The largest absolute Gasteiger partial charge is 0.397 e.